The fourth-order valence-corrected chi connectivity index (χ4v) is 5.44. The fraction of sp³-hybridized carbons (Fsp3) is 0.667. The summed E-state index contributed by atoms with van der Waals surface area (Å²) < 4.78 is 5.59. The van der Waals surface area contributed by atoms with Crippen LogP contribution in [0.25, 0.3) is 0 Å². The maximum absolute atomic E-state index is 12.1. The minimum atomic E-state index is -0.302. The molecule has 2 N–H and O–H groups in total. The summed E-state index contributed by atoms with van der Waals surface area (Å²) in [6, 6.07) is 6.42. The van der Waals surface area contributed by atoms with Crippen LogP contribution in [0, 0.1) is 11.3 Å². The smallest absolute Gasteiger partial charge is 0.410 e. The molecule has 0 heterocycles. The van der Waals surface area contributed by atoms with Crippen molar-refractivity contribution in [2.45, 2.75) is 63.8 Å². The van der Waals surface area contributed by atoms with Crippen LogP contribution < -0.4 is 10.5 Å². The van der Waals surface area contributed by atoms with Crippen molar-refractivity contribution in [1.82, 2.24) is 4.90 Å². The maximum Gasteiger partial charge on any atom is 0.414 e. The number of hydrogen-bond donors (Lipinski definition) is 1. The lowest BCUT2D eigenvalue weighted by Gasteiger charge is -2.48. The van der Waals surface area contributed by atoms with E-state index in [1.807, 2.05) is 13.0 Å². The van der Waals surface area contributed by atoms with E-state index < -0.39 is 0 Å². The van der Waals surface area contributed by atoms with Crippen LogP contribution in [0.1, 0.15) is 57.1 Å². The molecule has 1 aromatic carbocycles. The molecule has 2 saturated carbocycles. The average Bonchev–Trinajstić information content (AvgIpc) is 3.29. The highest BCUT2D eigenvalue weighted by Crippen LogP contribution is 2.66. The van der Waals surface area contributed by atoms with Crippen molar-refractivity contribution < 1.29 is 9.53 Å². The third-order valence-corrected chi connectivity index (χ3v) is 7.29. The molecule has 3 aliphatic rings. The van der Waals surface area contributed by atoms with Gasteiger partial charge in [0.1, 0.15) is 5.75 Å². The number of rotatable bonds is 2. The van der Waals surface area contributed by atoms with E-state index >= 15 is 0 Å². The zero-order chi connectivity index (χ0) is 17.8. The number of benzene rings is 1. The number of hydrogen-bond acceptors (Lipinski definition) is 3. The molecule has 2 bridgehead atoms. The van der Waals surface area contributed by atoms with Crippen molar-refractivity contribution in [3.8, 4) is 5.75 Å². The Labute approximate surface area is 150 Å². The van der Waals surface area contributed by atoms with Crippen molar-refractivity contribution in [2.24, 2.45) is 17.1 Å². The molecular weight excluding hydrogens is 312 g/mol. The quantitative estimate of drug-likeness (QED) is 0.888. The highest BCUT2D eigenvalue weighted by Gasteiger charge is 2.64. The number of ether oxygens (including phenoxy) is 1. The monoisotopic (exact) mass is 342 g/mol. The Morgan fingerprint density at radius 1 is 1.40 bits per heavy atom. The lowest BCUT2D eigenvalue weighted by Crippen LogP contribution is -2.54. The first-order valence-corrected chi connectivity index (χ1v) is 9.72. The molecule has 4 atom stereocenters. The Bertz CT molecular complexity index is 703. The SMILES string of the molecule is CCN(C)C(=O)Oc1ccc2c(c1)[C@@]1(C)CCCCC3CC3(C2)[C@@H]1N. The average molecular weight is 342 g/mol. The van der Waals surface area contributed by atoms with Crippen LogP contribution in [0.4, 0.5) is 4.79 Å². The van der Waals surface area contributed by atoms with E-state index in [-0.39, 0.29) is 17.6 Å². The molecular formula is C21H30N2O2. The second-order valence-corrected chi connectivity index (χ2v) is 8.65. The molecule has 4 heteroatoms. The Balaban J connectivity index is 1.70. The van der Waals surface area contributed by atoms with E-state index in [2.05, 4.69) is 19.1 Å². The van der Waals surface area contributed by atoms with Gasteiger partial charge in [0.05, 0.1) is 0 Å². The lowest BCUT2D eigenvalue weighted by atomic mass is 9.59. The number of carbonyl (C=O) groups excluding carboxylic acids is 1. The Hall–Kier alpha value is -1.55. The summed E-state index contributed by atoms with van der Waals surface area (Å²) in [5, 5.41) is 0. The van der Waals surface area contributed by atoms with Crippen molar-refractivity contribution in [2.75, 3.05) is 13.6 Å². The molecule has 4 nitrogen and oxygen atoms in total. The topological polar surface area (TPSA) is 55.6 Å². The van der Waals surface area contributed by atoms with Crippen LogP contribution in [0.2, 0.25) is 0 Å². The summed E-state index contributed by atoms with van der Waals surface area (Å²) in [5.41, 5.74) is 9.92. The Kier molecular flexibility index (Phi) is 3.87. The maximum atomic E-state index is 12.1. The van der Waals surface area contributed by atoms with Gasteiger partial charge in [0.2, 0.25) is 0 Å². The zero-order valence-corrected chi connectivity index (χ0v) is 15.7. The van der Waals surface area contributed by atoms with Gasteiger partial charge in [0.25, 0.3) is 0 Å². The van der Waals surface area contributed by atoms with E-state index in [9.17, 15) is 4.79 Å². The summed E-state index contributed by atoms with van der Waals surface area (Å²) in [6.07, 6.45) is 7.11. The Morgan fingerprint density at radius 3 is 2.96 bits per heavy atom. The van der Waals surface area contributed by atoms with Crippen LogP contribution in [0.15, 0.2) is 18.2 Å². The number of amides is 1. The van der Waals surface area contributed by atoms with E-state index in [0.717, 1.165) is 18.8 Å². The molecule has 3 aliphatic carbocycles. The summed E-state index contributed by atoms with van der Waals surface area (Å²) in [5.74, 6) is 1.45. The largest absolute Gasteiger partial charge is 0.414 e. The van der Waals surface area contributed by atoms with Gasteiger partial charge in [-0.25, -0.2) is 4.79 Å². The molecule has 2 fully saturated rings. The van der Waals surface area contributed by atoms with Gasteiger partial charge in [-0.15, -0.1) is 0 Å². The lowest BCUT2D eigenvalue weighted by molar-refractivity contribution is 0.164. The number of carbonyl (C=O) groups is 1. The van der Waals surface area contributed by atoms with E-state index in [1.165, 1.54) is 36.8 Å². The summed E-state index contributed by atoms with van der Waals surface area (Å²) in [7, 11) is 1.75. The Morgan fingerprint density at radius 2 is 2.20 bits per heavy atom. The first kappa shape index (κ1) is 16.9. The van der Waals surface area contributed by atoms with Crippen LogP contribution in [0.5, 0.6) is 5.75 Å². The highest BCUT2D eigenvalue weighted by atomic mass is 16.6. The van der Waals surface area contributed by atoms with Gasteiger partial charge in [-0.1, -0.05) is 25.8 Å². The van der Waals surface area contributed by atoms with Crippen LogP contribution in [-0.4, -0.2) is 30.6 Å². The molecule has 4 rings (SSSR count). The van der Waals surface area contributed by atoms with E-state index in [4.69, 9.17) is 10.5 Å². The van der Waals surface area contributed by atoms with Gasteiger partial charge in [-0.3, -0.25) is 0 Å². The predicted octanol–water partition coefficient (Wildman–Crippen LogP) is 3.86. The normalized spacial score (nSPS) is 35.7. The molecule has 136 valence electrons. The first-order chi connectivity index (χ1) is 11.9. The fourth-order valence-electron chi connectivity index (χ4n) is 5.44. The summed E-state index contributed by atoms with van der Waals surface area (Å²) in [6.45, 7) is 4.91. The van der Waals surface area contributed by atoms with E-state index in [0.29, 0.717) is 17.7 Å². The number of fused-ring (bicyclic) bond motifs is 3. The molecule has 0 saturated heterocycles. The molecule has 0 radical (unpaired) electrons. The van der Waals surface area contributed by atoms with Crippen LogP contribution in [0.3, 0.4) is 0 Å². The first-order valence-electron chi connectivity index (χ1n) is 9.72. The summed E-state index contributed by atoms with van der Waals surface area (Å²) in [4.78, 5) is 13.7. The second-order valence-electron chi connectivity index (χ2n) is 8.65. The molecule has 0 aromatic heterocycles. The van der Waals surface area contributed by atoms with Gasteiger partial charge in [-0.05, 0) is 67.2 Å². The molecule has 1 aromatic rings. The van der Waals surface area contributed by atoms with Crippen LogP contribution >= 0.6 is 0 Å². The summed E-state index contributed by atoms with van der Waals surface area (Å²) >= 11 is 0. The standard InChI is InChI=1S/C21H30N2O2/c1-4-23(3)19(24)25-16-9-8-14-12-21-13-15(21)7-5-6-10-20(2,18(21)22)17(14)11-16/h8-9,11,15,18H,4-7,10,12-13,22H2,1-3H3/t15?,18-,20-,21?/m1/s1. The van der Waals surface area contributed by atoms with Crippen molar-refractivity contribution in [1.29, 1.82) is 0 Å². The third-order valence-electron chi connectivity index (χ3n) is 7.29. The van der Waals surface area contributed by atoms with E-state index in [1.54, 1.807) is 11.9 Å². The van der Waals surface area contributed by atoms with Crippen molar-refractivity contribution >= 4 is 6.09 Å². The minimum Gasteiger partial charge on any atom is -0.410 e. The van der Waals surface area contributed by atoms with Gasteiger partial charge in [-0.2, -0.15) is 0 Å². The van der Waals surface area contributed by atoms with Crippen molar-refractivity contribution in [3.05, 3.63) is 29.3 Å². The van der Waals surface area contributed by atoms with Crippen LogP contribution in [-0.2, 0) is 11.8 Å². The second kappa shape index (κ2) is 5.73. The minimum absolute atomic E-state index is 0.0121. The molecule has 1 amide bonds. The molecule has 1 spiro atoms. The number of nitrogens with zero attached hydrogens (tertiary/aromatic N) is 1. The highest BCUT2D eigenvalue weighted by molar-refractivity contribution is 5.70. The molecule has 0 aliphatic heterocycles. The van der Waals surface area contributed by atoms with Gasteiger partial charge in [0, 0.05) is 25.0 Å². The van der Waals surface area contributed by atoms with Gasteiger partial charge in [0.15, 0.2) is 0 Å². The number of nitrogens with two attached hydrogens (primary N) is 1. The van der Waals surface area contributed by atoms with Gasteiger partial charge >= 0.3 is 6.09 Å². The predicted molar refractivity (Wildman–Crippen MR) is 98.8 cm³/mol. The van der Waals surface area contributed by atoms with Gasteiger partial charge < -0.3 is 15.4 Å². The molecule has 2 unspecified atom stereocenters. The zero-order valence-electron chi connectivity index (χ0n) is 15.7. The molecule has 25 heavy (non-hydrogen) atoms. The van der Waals surface area contributed by atoms with Crippen molar-refractivity contribution in [3.63, 3.8) is 0 Å². The third kappa shape index (κ3) is 2.49.